The van der Waals surface area contributed by atoms with Crippen LogP contribution in [0.15, 0.2) is 84.9 Å². The third-order valence-electron chi connectivity index (χ3n) is 4.24. The summed E-state index contributed by atoms with van der Waals surface area (Å²) in [4.78, 5) is 0. The van der Waals surface area contributed by atoms with Crippen molar-refractivity contribution >= 4 is 10.0 Å². The van der Waals surface area contributed by atoms with Crippen LogP contribution < -0.4 is 14.2 Å². The Bertz CT molecular complexity index is 919. The maximum absolute atomic E-state index is 12.7. The Labute approximate surface area is 166 Å². The summed E-state index contributed by atoms with van der Waals surface area (Å²) in [5.74, 6) is 1.17. The molecule has 0 bridgehead atoms. The molecule has 3 rings (SSSR count). The van der Waals surface area contributed by atoms with Crippen LogP contribution in [0.25, 0.3) is 0 Å². The quantitative estimate of drug-likeness (QED) is 0.597. The summed E-state index contributed by atoms with van der Waals surface area (Å²) in [6.07, 6.45) is 0. The molecule has 0 radical (unpaired) electrons. The van der Waals surface area contributed by atoms with Crippen molar-refractivity contribution in [1.82, 2.24) is 4.72 Å². The summed E-state index contributed by atoms with van der Waals surface area (Å²) < 4.78 is 38.8. The van der Waals surface area contributed by atoms with Crippen LogP contribution in [-0.2, 0) is 10.0 Å². The maximum atomic E-state index is 12.7. The average Bonchev–Trinajstić information content (AvgIpc) is 2.74. The second kappa shape index (κ2) is 9.39. The van der Waals surface area contributed by atoms with E-state index in [2.05, 4.69) is 4.72 Å². The second-order valence-corrected chi connectivity index (χ2v) is 8.09. The van der Waals surface area contributed by atoms with E-state index in [0.29, 0.717) is 5.75 Å². The Balaban J connectivity index is 1.67. The summed E-state index contributed by atoms with van der Waals surface area (Å²) >= 11 is 0. The summed E-state index contributed by atoms with van der Waals surface area (Å²) in [5, 5.41) is 0. The number of nitrogens with one attached hydrogen (secondary N) is 1. The third-order valence-corrected chi connectivity index (χ3v) is 5.54. The first-order chi connectivity index (χ1) is 13.6. The van der Waals surface area contributed by atoms with Crippen molar-refractivity contribution in [3.63, 3.8) is 0 Å². The van der Waals surface area contributed by atoms with Gasteiger partial charge >= 0.3 is 0 Å². The molecule has 0 aromatic heterocycles. The molecule has 0 saturated carbocycles. The number of sulfonamides is 1. The Morgan fingerprint density at radius 2 is 1.29 bits per heavy atom. The van der Waals surface area contributed by atoms with Gasteiger partial charge in [0.25, 0.3) is 0 Å². The zero-order chi connectivity index (χ0) is 19.8. The zero-order valence-corrected chi connectivity index (χ0v) is 16.4. The highest BCUT2D eigenvalue weighted by Gasteiger charge is 2.21. The summed E-state index contributed by atoms with van der Waals surface area (Å²) in [6.45, 7) is 0.0535. The predicted octanol–water partition coefficient (Wildman–Crippen LogP) is 3.78. The summed E-state index contributed by atoms with van der Waals surface area (Å²) in [5.41, 5.74) is 1.77. The predicted molar refractivity (Wildman–Crippen MR) is 110 cm³/mol. The van der Waals surface area contributed by atoms with Crippen LogP contribution in [0, 0.1) is 0 Å². The zero-order valence-electron chi connectivity index (χ0n) is 15.6. The molecule has 0 fully saturated rings. The molecular formula is C22H23NO4S. The van der Waals surface area contributed by atoms with Crippen LogP contribution in [0.1, 0.15) is 17.2 Å². The van der Waals surface area contributed by atoms with Gasteiger partial charge in [0.2, 0.25) is 10.0 Å². The van der Waals surface area contributed by atoms with E-state index in [1.54, 1.807) is 31.4 Å². The topological polar surface area (TPSA) is 64.6 Å². The fourth-order valence-corrected chi connectivity index (χ4v) is 3.85. The molecule has 0 amide bonds. The summed E-state index contributed by atoms with van der Waals surface area (Å²) in [7, 11) is -1.97. The van der Waals surface area contributed by atoms with E-state index in [-0.39, 0.29) is 12.4 Å². The molecule has 146 valence electrons. The minimum absolute atomic E-state index is 0.0535. The van der Waals surface area contributed by atoms with Gasteiger partial charge in [0.1, 0.15) is 18.1 Å². The highest BCUT2D eigenvalue weighted by molar-refractivity contribution is 7.89. The SMILES string of the molecule is COc1ccc(OCCS(=O)(=O)NC(c2ccccc2)c2ccccc2)cc1. The molecule has 3 aromatic carbocycles. The Hall–Kier alpha value is -2.83. The van der Waals surface area contributed by atoms with Crippen molar-refractivity contribution in [3.05, 3.63) is 96.1 Å². The van der Waals surface area contributed by atoms with Crippen molar-refractivity contribution < 1.29 is 17.9 Å². The monoisotopic (exact) mass is 397 g/mol. The van der Waals surface area contributed by atoms with E-state index in [0.717, 1.165) is 16.9 Å². The molecular weight excluding hydrogens is 374 g/mol. The number of methoxy groups -OCH3 is 1. The largest absolute Gasteiger partial charge is 0.497 e. The van der Waals surface area contributed by atoms with Gasteiger partial charge < -0.3 is 9.47 Å². The first-order valence-corrected chi connectivity index (χ1v) is 10.6. The van der Waals surface area contributed by atoms with E-state index in [9.17, 15) is 8.42 Å². The van der Waals surface area contributed by atoms with Crippen molar-refractivity contribution in [2.75, 3.05) is 19.5 Å². The normalized spacial score (nSPS) is 11.4. The Morgan fingerprint density at radius 3 is 1.79 bits per heavy atom. The van der Waals surface area contributed by atoms with E-state index >= 15 is 0 Å². The van der Waals surface area contributed by atoms with Gasteiger partial charge in [-0.2, -0.15) is 0 Å². The van der Waals surface area contributed by atoms with E-state index in [1.165, 1.54) is 0 Å². The standard InChI is InChI=1S/C22H23NO4S/c1-26-20-12-14-21(15-13-20)27-16-17-28(24,25)23-22(18-8-4-2-5-9-18)19-10-6-3-7-11-19/h2-15,22-23H,16-17H2,1H3. The lowest BCUT2D eigenvalue weighted by Gasteiger charge is -2.20. The molecule has 3 aromatic rings. The van der Waals surface area contributed by atoms with Crippen molar-refractivity contribution in [1.29, 1.82) is 0 Å². The van der Waals surface area contributed by atoms with Gasteiger partial charge in [-0.25, -0.2) is 13.1 Å². The fourth-order valence-electron chi connectivity index (χ4n) is 2.80. The molecule has 0 aliphatic heterocycles. The number of hydrogen-bond acceptors (Lipinski definition) is 4. The number of ether oxygens (including phenoxy) is 2. The minimum Gasteiger partial charge on any atom is -0.497 e. The lowest BCUT2D eigenvalue weighted by molar-refractivity contribution is 0.339. The molecule has 1 N–H and O–H groups in total. The van der Waals surface area contributed by atoms with E-state index in [1.807, 2.05) is 60.7 Å². The summed E-state index contributed by atoms with van der Waals surface area (Å²) in [6, 6.07) is 25.6. The lowest BCUT2D eigenvalue weighted by atomic mass is 10.00. The Kier molecular flexibility index (Phi) is 6.68. The number of hydrogen-bond donors (Lipinski definition) is 1. The smallest absolute Gasteiger partial charge is 0.215 e. The lowest BCUT2D eigenvalue weighted by Crippen LogP contribution is -2.33. The minimum atomic E-state index is -3.56. The number of rotatable bonds is 9. The number of benzene rings is 3. The van der Waals surface area contributed by atoms with Gasteiger partial charge in [0.05, 0.1) is 18.9 Å². The molecule has 5 nitrogen and oxygen atoms in total. The molecule has 6 heteroatoms. The second-order valence-electron chi connectivity index (χ2n) is 6.22. The molecule has 0 spiro atoms. The van der Waals surface area contributed by atoms with Crippen LogP contribution in [0.3, 0.4) is 0 Å². The van der Waals surface area contributed by atoms with Crippen LogP contribution in [0.5, 0.6) is 11.5 Å². The molecule has 0 aliphatic rings. The van der Waals surface area contributed by atoms with Gasteiger partial charge in [-0.3, -0.25) is 0 Å². The van der Waals surface area contributed by atoms with Crippen molar-refractivity contribution in [2.24, 2.45) is 0 Å². The molecule has 0 atom stereocenters. The third kappa shape index (κ3) is 5.58. The van der Waals surface area contributed by atoms with Crippen LogP contribution in [0.2, 0.25) is 0 Å². The molecule has 0 aliphatic carbocycles. The van der Waals surface area contributed by atoms with Gasteiger partial charge in [-0.05, 0) is 35.4 Å². The molecule has 0 heterocycles. The first kappa shape index (κ1) is 19.9. The van der Waals surface area contributed by atoms with Gasteiger partial charge in [0.15, 0.2) is 0 Å². The van der Waals surface area contributed by atoms with Gasteiger partial charge in [-0.1, -0.05) is 60.7 Å². The van der Waals surface area contributed by atoms with Gasteiger partial charge in [-0.15, -0.1) is 0 Å². The molecule has 0 unspecified atom stereocenters. The average molecular weight is 397 g/mol. The van der Waals surface area contributed by atoms with Crippen LogP contribution >= 0.6 is 0 Å². The molecule has 0 saturated heterocycles. The highest BCUT2D eigenvalue weighted by atomic mass is 32.2. The van der Waals surface area contributed by atoms with Gasteiger partial charge in [0, 0.05) is 0 Å². The van der Waals surface area contributed by atoms with E-state index in [4.69, 9.17) is 9.47 Å². The Morgan fingerprint density at radius 1 is 0.786 bits per heavy atom. The van der Waals surface area contributed by atoms with Crippen molar-refractivity contribution in [2.45, 2.75) is 6.04 Å². The molecule has 28 heavy (non-hydrogen) atoms. The van der Waals surface area contributed by atoms with E-state index < -0.39 is 16.1 Å². The highest BCUT2D eigenvalue weighted by Crippen LogP contribution is 2.23. The van der Waals surface area contributed by atoms with Crippen LogP contribution in [-0.4, -0.2) is 27.9 Å². The van der Waals surface area contributed by atoms with Crippen LogP contribution in [0.4, 0.5) is 0 Å². The first-order valence-electron chi connectivity index (χ1n) is 8.94. The maximum Gasteiger partial charge on any atom is 0.215 e. The fraction of sp³-hybridized carbons (Fsp3) is 0.182. The van der Waals surface area contributed by atoms with Crippen molar-refractivity contribution in [3.8, 4) is 11.5 Å².